The van der Waals surface area contributed by atoms with Crippen LogP contribution < -0.4 is 0 Å². The predicted octanol–water partition coefficient (Wildman–Crippen LogP) is 4.49. The lowest BCUT2D eigenvalue weighted by atomic mass is 9.83. The highest BCUT2D eigenvalue weighted by Gasteiger charge is 2.26. The number of aliphatic hydroxyl groups excluding tert-OH is 4. The molecule has 0 saturated carbocycles. The zero-order valence-electron chi connectivity index (χ0n) is 17.0. The second-order valence-corrected chi connectivity index (χ2v) is 7.87. The van der Waals surface area contributed by atoms with E-state index in [1.54, 1.807) is 13.8 Å². The van der Waals surface area contributed by atoms with Crippen molar-refractivity contribution in [1.82, 2.24) is 0 Å². The van der Waals surface area contributed by atoms with Crippen LogP contribution in [0.4, 0.5) is 0 Å². The lowest BCUT2D eigenvalue weighted by molar-refractivity contribution is 0.0299. The molecule has 0 unspecified atom stereocenters. The van der Waals surface area contributed by atoms with Gasteiger partial charge in [0.25, 0.3) is 0 Å². The van der Waals surface area contributed by atoms with E-state index in [0.29, 0.717) is 11.1 Å². The van der Waals surface area contributed by atoms with Crippen molar-refractivity contribution in [2.75, 3.05) is 0 Å². The molecule has 4 heteroatoms. The molecule has 0 aliphatic heterocycles. The predicted molar refractivity (Wildman–Crippen MR) is 120 cm³/mol. The first-order chi connectivity index (χ1) is 14.4. The number of hydrogen-bond donors (Lipinski definition) is 4. The van der Waals surface area contributed by atoms with E-state index in [9.17, 15) is 20.4 Å². The molecule has 4 aromatic carbocycles. The average Bonchev–Trinajstić information content (AvgIpc) is 2.76. The smallest absolute Gasteiger partial charge is 0.105 e. The molecule has 4 atom stereocenters. The van der Waals surface area contributed by atoms with Gasteiger partial charge in [0, 0.05) is 0 Å². The fourth-order valence-electron chi connectivity index (χ4n) is 4.15. The van der Waals surface area contributed by atoms with Gasteiger partial charge in [0.15, 0.2) is 0 Å². The Labute approximate surface area is 175 Å². The third-order valence-corrected chi connectivity index (χ3v) is 5.72. The number of fused-ring (bicyclic) bond motifs is 2. The first kappa shape index (κ1) is 20.5. The van der Waals surface area contributed by atoms with E-state index in [-0.39, 0.29) is 0 Å². The second kappa shape index (κ2) is 8.17. The van der Waals surface area contributed by atoms with Crippen molar-refractivity contribution in [2.24, 2.45) is 0 Å². The summed E-state index contributed by atoms with van der Waals surface area (Å²) in [5.74, 6) is 0. The van der Waals surface area contributed by atoms with Crippen LogP contribution in [0, 0.1) is 0 Å². The van der Waals surface area contributed by atoms with Crippen LogP contribution in [0.25, 0.3) is 32.7 Å². The van der Waals surface area contributed by atoms with Crippen molar-refractivity contribution in [2.45, 2.75) is 38.3 Å². The van der Waals surface area contributed by atoms with Crippen molar-refractivity contribution in [3.8, 4) is 11.1 Å². The maximum absolute atomic E-state index is 10.8. The summed E-state index contributed by atoms with van der Waals surface area (Å²) in [4.78, 5) is 0. The quantitative estimate of drug-likeness (QED) is 0.397. The summed E-state index contributed by atoms with van der Waals surface area (Å²) in [5, 5.41) is 45.8. The van der Waals surface area contributed by atoms with Crippen LogP contribution in [-0.4, -0.2) is 32.6 Å². The molecule has 0 amide bonds. The summed E-state index contributed by atoms with van der Waals surface area (Å²) < 4.78 is 0. The first-order valence-corrected chi connectivity index (χ1v) is 10.2. The summed E-state index contributed by atoms with van der Waals surface area (Å²) in [6.07, 6.45) is -4.13. The van der Waals surface area contributed by atoms with Gasteiger partial charge in [0.2, 0.25) is 0 Å². The average molecular weight is 402 g/mol. The first-order valence-electron chi connectivity index (χ1n) is 10.2. The van der Waals surface area contributed by atoms with Crippen LogP contribution in [-0.2, 0) is 0 Å². The molecule has 0 saturated heterocycles. The van der Waals surface area contributed by atoms with E-state index in [4.69, 9.17) is 0 Å². The van der Waals surface area contributed by atoms with Crippen LogP contribution in [0.3, 0.4) is 0 Å². The molecule has 0 heterocycles. The molecule has 0 aliphatic carbocycles. The molecule has 0 bridgehead atoms. The lowest BCUT2D eigenvalue weighted by Crippen LogP contribution is -2.17. The zero-order valence-corrected chi connectivity index (χ0v) is 17.0. The Morgan fingerprint density at radius 3 is 1.23 bits per heavy atom. The van der Waals surface area contributed by atoms with E-state index in [1.807, 2.05) is 72.8 Å². The van der Waals surface area contributed by atoms with Gasteiger partial charge in [-0.25, -0.2) is 0 Å². The van der Waals surface area contributed by atoms with E-state index in [1.165, 1.54) is 0 Å². The second-order valence-electron chi connectivity index (χ2n) is 7.87. The Morgan fingerprint density at radius 2 is 0.867 bits per heavy atom. The highest BCUT2D eigenvalue weighted by molar-refractivity contribution is 6.08. The highest BCUT2D eigenvalue weighted by atomic mass is 16.3. The molecule has 154 valence electrons. The Balaban J connectivity index is 2.19. The van der Waals surface area contributed by atoms with E-state index < -0.39 is 24.4 Å². The van der Waals surface area contributed by atoms with Gasteiger partial charge >= 0.3 is 0 Å². The van der Waals surface area contributed by atoms with Crippen LogP contribution in [0.5, 0.6) is 0 Å². The molecule has 4 nitrogen and oxygen atoms in total. The zero-order chi connectivity index (χ0) is 21.4. The third kappa shape index (κ3) is 3.48. The molecular formula is C26H26O4. The number of rotatable bonds is 5. The van der Waals surface area contributed by atoms with E-state index >= 15 is 0 Å². The summed E-state index contributed by atoms with van der Waals surface area (Å²) in [7, 11) is 0. The van der Waals surface area contributed by atoms with Crippen LogP contribution in [0.1, 0.15) is 37.2 Å². The van der Waals surface area contributed by atoms with E-state index in [0.717, 1.165) is 32.7 Å². The molecular weight excluding hydrogens is 376 g/mol. The Bertz CT molecular complexity index is 1100. The van der Waals surface area contributed by atoms with E-state index in [2.05, 4.69) is 0 Å². The van der Waals surface area contributed by atoms with Crippen molar-refractivity contribution in [3.05, 3.63) is 83.9 Å². The molecule has 0 aromatic heterocycles. The minimum absolute atomic E-state index is 0.582. The summed E-state index contributed by atoms with van der Waals surface area (Å²) in [5.41, 5.74) is 2.68. The number of hydrogen-bond acceptors (Lipinski definition) is 4. The molecule has 0 spiro atoms. The lowest BCUT2D eigenvalue weighted by Gasteiger charge is -2.25. The summed E-state index contributed by atoms with van der Waals surface area (Å²) in [6, 6.07) is 23.2. The molecule has 30 heavy (non-hydrogen) atoms. The molecule has 0 aliphatic rings. The molecule has 4 aromatic rings. The Morgan fingerprint density at radius 1 is 0.500 bits per heavy atom. The van der Waals surface area contributed by atoms with Crippen molar-refractivity contribution < 1.29 is 20.4 Å². The van der Waals surface area contributed by atoms with Gasteiger partial charge in [-0.05, 0) is 57.6 Å². The number of benzene rings is 4. The largest absolute Gasteiger partial charge is 0.390 e. The summed E-state index contributed by atoms with van der Waals surface area (Å²) in [6.45, 7) is 3.11. The monoisotopic (exact) mass is 402 g/mol. The third-order valence-electron chi connectivity index (χ3n) is 5.72. The van der Waals surface area contributed by atoms with Crippen LogP contribution >= 0.6 is 0 Å². The van der Waals surface area contributed by atoms with Crippen molar-refractivity contribution >= 4 is 21.5 Å². The van der Waals surface area contributed by atoms with Gasteiger partial charge in [-0.3, -0.25) is 0 Å². The van der Waals surface area contributed by atoms with Gasteiger partial charge < -0.3 is 20.4 Å². The minimum atomic E-state index is -1.10. The van der Waals surface area contributed by atoms with Gasteiger partial charge in [0.1, 0.15) is 12.2 Å². The fraction of sp³-hybridized carbons (Fsp3) is 0.231. The maximum atomic E-state index is 10.8. The van der Waals surface area contributed by atoms with Crippen LogP contribution in [0.15, 0.2) is 72.8 Å². The number of aliphatic hydroxyl groups is 4. The fourth-order valence-corrected chi connectivity index (χ4v) is 4.15. The SMILES string of the molecule is C[C@@H](O)[C@H](O)c1ccc2ccccc2c1-c1c([C@H](O)[C@@H](C)O)ccc2ccccc12. The molecule has 0 fully saturated rings. The molecule has 0 radical (unpaired) electrons. The van der Waals surface area contributed by atoms with Gasteiger partial charge in [-0.2, -0.15) is 0 Å². The Kier molecular flexibility index (Phi) is 5.58. The van der Waals surface area contributed by atoms with Gasteiger partial charge in [0.05, 0.1) is 12.2 Å². The molecule has 4 rings (SSSR count). The maximum Gasteiger partial charge on any atom is 0.105 e. The molecule has 4 N–H and O–H groups in total. The van der Waals surface area contributed by atoms with Crippen molar-refractivity contribution in [1.29, 1.82) is 0 Å². The van der Waals surface area contributed by atoms with Crippen LogP contribution in [0.2, 0.25) is 0 Å². The van der Waals surface area contributed by atoms with Gasteiger partial charge in [-0.15, -0.1) is 0 Å². The topological polar surface area (TPSA) is 80.9 Å². The standard InChI is InChI=1S/C26H26O4/c1-15(27)25(29)21-13-11-17-7-3-5-9-19(17)23(21)24-20-10-6-4-8-18(20)12-14-22(24)26(30)16(2)28/h3-16,25-30H,1-2H3/t15-,16-,25-,26+/m1/s1. The Hall–Kier alpha value is -2.76. The minimum Gasteiger partial charge on any atom is -0.390 e. The summed E-state index contributed by atoms with van der Waals surface area (Å²) >= 11 is 0. The normalized spacial score (nSPS) is 15.8. The van der Waals surface area contributed by atoms with Gasteiger partial charge in [-0.1, -0.05) is 72.8 Å². The highest BCUT2D eigenvalue weighted by Crippen LogP contribution is 2.43. The van der Waals surface area contributed by atoms with Crippen molar-refractivity contribution in [3.63, 3.8) is 0 Å².